The van der Waals surface area contributed by atoms with Gasteiger partial charge in [-0.25, -0.2) is 14.5 Å². The van der Waals surface area contributed by atoms with Gasteiger partial charge in [-0.1, -0.05) is 25.7 Å². The van der Waals surface area contributed by atoms with E-state index in [2.05, 4.69) is 20.5 Å². The lowest BCUT2D eigenvalue weighted by atomic mass is 9.87. The van der Waals surface area contributed by atoms with E-state index in [9.17, 15) is 5.11 Å². The molecular formula is C21H29N7O. The van der Waals surface area contributed by atoms with Gasteiger partial charge >= 0.3 is 0 Å². The molecule has 2 fully saturated rings. The number of nitrogens with zero attached hydrogens (tertiary/aromatic N) is 6. The van der Waals surface area contributed by atoms with Gasteiger partial charge in [0.15, 0.2) is 11.5 Å². The van der Waals surface area contributed by atoms with Crippen molar-refractivity contribution in [2.24, 2.45) is 5.92 Å². The summed E-state index contributed by atoms with van der Waals surface area (Å²) in [6.07, 6.45) is 17.6. The smallest absolute Gasteiger partial charge is 0.198 e. The van der Waals surface area contributed by atoms with Crippen molar-refractivity contribution >= 4 is 17.2 Å². The average Bonchev–Trinajstić information content (AvgIpc) is 3.38. The van der Waals surface area contributed by atoms with E-state index in [1.54, 1.807) is 6.33 Å². The molecular weight excluding hydrogens is 366 g/mol. The van der Waals surface area contributed by atoms with Gasteiger partial charge in [-0.15, -0.1) is 0 Å². The molecule has 3 heterocycles. The van der Waals surface area contributed by atoms with Crippen LogP contribution in [0.3, 0.4) is 0 Å². The summed E-state index contributed by atoms with van der Waals surface area (Å²) < 4.78 is 3.80. The molecule has 8 nitrogen and oxygen atoms in total. The Morgan fingerprint density at radius 3 is 2.79 bits per heavy atom. The van der Waals surface area contributed by atoms with Crippen LogP contribution in [0.4, 0.5) is 11.5 Å². The zero-order valence-corrected chi connectivity index (χ0v) is 16.7. The van der Waals surface area contributed by atoms with Gasteiger partial charge in [-0.2, -0.15) is 10.2 Å². The minimum absolute atomic E-state index is 0.158. The Hall–Kier alpha value is -2.48. The third kappa shape index (κ3) is 4.12. The molecule has 3 aromatic heterocycles. The van der Waals surface area contributed by atoms with Crippen LogP contribution in [0.15, 0.2) is 24.9 Å². The second-order valence-corrected chi connectivity index (χ2v) is 8.64. The molecule has 2 saturated carbocycles. The fourth-order valence-corrected chi connectivity index (χ4v) is 4.88. The minimum atomic E-state index is -0.158. The third-order valence-corrected chi connectivity index (χ3v) is 6.40. The number of hydrogen-bond donors (Lipinski definition) is 2. The molecule has 5 rings (SSSR count). The number of anilines is 2. The second kappa shape index (κ2) is 8.10. The molecule has 0 radical (unpaired) electrons. The molecule has 0 spiro atoms. The third-order valence-electron chi connectivity index (χ3n) is 6.40. The van der Waals surface area contributed by atoms with Crippen molar-refractivity contribution in [3.63, 3.8) is 0 Å². The Labute approximate surface area is 170 Å². The lowest BCUT2D eigenvalue weighted by Gasteiger charge is -2.25. The van der Waals surface area contributed by atoms with Crippen molar-refractivity contribution in [1.29, 1.82) is 0 Å². The van der Waals surface area contributed by atoms with Gasteiger partial charge < -0.3 is 10.4 Å². The Bertz CT molecular complexity index is 959. The van der Waals surface area contributed by atoms with Gasteiger partial charge in [0.25, 0.3) is 0 Å². The summed E-state index contributed by atoms with van der Waals surface area (Å²) >= 11 is 0. The van der Waals surface area contributed by atoms with Gasteiger partial charge in [-0.3, -0.25) is 4.68 Å². The highest BCUT2D eigenvalue weighted by Crippen LogP contribution is 2.33. The predicted octanol–water partition coefficient (Wildman–Crippen LogP) is 3.66. The van der Waals surface area contributed by atoms with E-state index < -0.39 is 0 Å². The Morgan fingerprint density at radius 2 is 1.93 bits per heavy atom. The van der Waals surface area contributed by atoms with Gasteiger partial charge in [0.05, 0.1) is 29.9 Å². The second-order valence-electron chi connectivity index (χ2n) is 8.64. The van der Waals surface area contributed by atoms with E-state index in [1.165, 1.54) is 32.1 Å². The summed E-state index contributed by atoms with van der Waals surface area (Å²) in [5.74, 6) is 1.72. The number of aromatic nitrogens is 6. The molecule has 3 aromatic rings. The maximum Gasteiger partial charge on any atom is 0.198 e. The van der Waals surface area contributed by atoms with Crippen LogP contribution < -0.4 is 5.32 Å². The molecule has 0 aliphatic heterocycles. The molecule has 154 valence electrons. The van der Waals surface area contributed by atoms with Crippen LogP contribution in [0.5, 0.6) is 0 Å². The number of aliphatic hydroxyl groups excluding tert-OH is 1. The first-order chi connectivity index (χ1) is 14.2. The Balaban J connectivity index is 1.34. The fraction of sp³-hybridized carbons (Fsp3) is 0.619. The number of nitrogens with one attached hydrogen (secondary N) is 1. The quantitative estimate of drug-likeness (QED) is 0.685. The van der Waals surface area contributed by atoms with Crippen LogP contribution in [0, 0.1) is 5.92 Å². The van der Waals surface area contributed by atoms with Gasteiger partial charge in [0, 0.05) is 18.7 Å². The zero-order chi connectivity index (χ0) is 19.6. The van der Waals surface area contributed by atoms with E-state index in [-0.39, 0.29) is 6.10 Å². The average molecular weight is 396 g/mol. The highest BCUT2D eigenvalue weighted by molar-refractivity contribution is 5.68. The van der Waals surface area contributed by atoms with E-state index in [1.807, 2.05) is 27.8 Å². The molecule has 0 saturated heterocycles. The fourth-order valence-electron chi connectivity index (χ4n) is 4.88. The normalized spacial score (nSPS) is 23.5. The van der Waals surface area contributed by atoms with Crippen LogP contribution in [0.2, 0.25) is 0 Å². The van der Waals surface area contributed by atoms with Crippen molar-refractivity contribution in [2.45, 2.75) is 76.4 Å². The Kier molecular flexibility index (Phi) is 5.18. The van der Waals surface area contributed by atoms with E-state index in [0.29, 0.717) is 11.8 Å². The van der Waals surface area contributed by atoms with Crippen LogP contribution in [0.25, 0.3) is 5.65 Å². The summed E-state index contributed by atoms with van der Waals surface area (Å²) in [7, 11) is 0. The first-order valence-electron chi connectivity index (χ1n) is 10.9. The number of rotatable bonds is 5. The van der Waals surface area contributed by atoms with Crippen molar-refractivity contribution in [3.8, 4) is 0 Å². The van der Waals surface area contributed by atoms with Crippen molar-refractivity contribution in [3.05, 3.63) is 30.6 Å². The molecule has 0 aromatic carbocycles. The highest BCUT2D eigenvalue weighted by atomic mass is 16.3. The maximum atomic E-state index is 9.91. The molecule has 2 N–H and O–H groups in total. The van der Waals surface area contributed by atoms with E-state index in [0.717, 1.165) is 55.1 Å². The Morgan fingerprint density at radius 1 is 1.03 bits per heavy atom. The van der Waals surface area contributed by atoms with Gasteiger partial charge in [0.2, 0.25) is 0 Å². The molecule has 8 heteroatoms. The van der Waals surface area contributed by atoms with Crippen LogP contribution in [-0.4, -0.2) is 40.6 Å². The predicted molar refractivity (Wildman–Crippen MR) is 110 cm³/mol. The summed E-state index contributed by atoms with van der Waals surface area (Å²) in [4.78, 5) is 9.30. The SMILES string of the molecule is O[C@@H]1CCC[C@@H](Cn2cc(Nc3nc(C4CCCCC4)cn4ncnc34)cn2)C1. The molecule has 29 heavy (non-hydrogen) atoms. The molecule has 2 aliphatic rings. The lowest BCUT2D eigenvalue weighted by Crippen LogP contribution is -2.23. The molecule has 0 amide bonds. The standard InChI is InChI=1S/C21H29N7O/c29-18-8-4-5-15(9-18)11-27-12-17(10-23-27)25-20-21-22-14-24-28(21)13-19(26-20)16-6-2-1-3-7-16/h10,12-16,18,29H,1-9,11H2,(H,25,26)/t15-,18-/m1/s1. The molecule has 0 bridgehead atoms. The number of hydrogen-bond acceptors (Lipinski definition) is 6. The first-order valence-corrected chi connectivity index (χ1v) is 10.9. The monoisotopic (exact) mass is 395 g/mol. The van der Waals surface area contributed by atoms with E-state index in [4.69, 9.17) is 4.98 Å². The summed E-state index contributed by atoms with van der Waals surface area (Å²) in [5, 5.41) is 22.2. The van der Waals surface area contributed by atoms with E-state index >= 15 is 0 Å². The van der Waals surface area contributed by atoms with Crippen LogP contribution in [-0.2, 0) is 6.54 Å². The molecule has 2 atom stereocenters. The summed E-state index contributed by atoms with van der Waals surface area (Å²) in [6, 6.07) is 0. The first kappa shape index (κ1) is 18.5. The molecule has 2 aliphatic carbocycles. The lowest BCUT2D eigenvalue weighted by molar-refractivity contribution is 0.0941. The number of fused-ring (bicyclic) bond motifs is 1. The van der Waals surface area contributed by atoms with Gasteiger partial charge in [-0.05, 0) is 38.0 Å². The number of aliphatic hydroxyl groups is 1. The van der Waals surface area contributed by atoms with Crippen molar-refractivity contribution in [1.82, 2.24) is 29.4 Å². The van der Waals surface area contributed by atoms with Crippen LogP contribution >= 0.6 is 0 Å². The highest BCUT2D eigenvalue weighted by Gasteiger charge is 2.22. The van der Waals surface area contributed by atoms with Crippen molar-refractivity contribution < 1.29 is 5.11 Å². The van der Waals surface area contributed by atoms with Gasteiger partial charge in [0.1, 0.15) is 6.33 Å². The minimum Gasteiger partial charge on any atom is -0.393 e. The van der Waals surface area contributed by atoms with Crippen molar-refractivity contribution in [2.75, 3.05) is 5.32 Å². The zero-order valence-electron chi connectivity index (χ0n) is 16.7. The largest absolute Gasteiger partial charge is 0.393 e. The molecule has 0 unspecified atom stereocenters. The topological polar surface area (TPSA) is 93.2 Å². The summed E-state index contributed by atoms with van der Waals surface area (Å²) in [5.41, 5.74) is 2.72. The maximum absolute atomic E-state index is 9.91. The summed E-state index contributed by atoms with van der Waals surface area (Å²) in [6.45, 7) is 0.842. The van der Waals surface area contributed by atoms with Crippen LogP contribution in [0.1, 0.15) is 69.4 Å².